The van der Waals surface area contributed by atoms with Crippen molar-refractivity contribution < 1.29 is 33.1 Å². The van der Waals surface area contributed by atoms with E-state index in [-0.39, 0.29) is 6.61 Å². The van der Waals surface area contributed by atoms with E-state index < -0.39 is 43.6 Å². The molecule has 1 saturated heterocycles. The largest absolute Gasteiger partial charge is 0.756 e. The van der Waals surface area contributed by atoms with Gasteiger partial charge < -0.3 is 28.5 Å². The first-order valence-corrected chi connectivity index (χ1v) is 7.94. The lowest BCUT2D eigenvalue weighted by Crippen LogP contribution is -2.39. The zero-order valence-corrected chi connectivity index (χ0v) is 13.2. The van der Waals surface area contributed by atoms with Crippen molar-refractivity contribution in [3.63, 3.8) is 0 Å². The number of phosphoric acid groups is 1. The molecule has 5 atom stereocenters. The van der Waals surface area contributed by atoms with Gasteiger partial charge in [0.2, 0.25) is 0 Å². The van der Waals surface area contributed by atoms with Crippen LogP contribution in [0.2, 0.25) is 0 Å². The van der Waals surface area contributed by atoms with Gasteiger partial charge in [0, 0.05) is 26.5 Å². The number of aromatic amines is 1. The van der Waals surface area contributed by atoms with E-state index in [0.717, 1.165) is 23.9 Å². The molecule has 23 heavy (non-hydrogen) atoms. The molecule has 0 aliphatic carbocycles. The summed E-state index contributed by atoms with van der Waals surface area (Å²) in [5.74, 6) is 0. The van der Waals surface area contributed by atoms with Crippen molar-refractivity contribution in [2.24, 2.45) is 0 Å². The van der Waals surface area contributed by atoms with E-state index in [1.807, 2.05) is 4.98 Å². The van der Waals surface area contributed by atoms with Crippen LogP contribution in [0.5, 0.6) is 0 Å². The number of hydrogen-bond donors (Lipinski definition) is 2. The van der Waals surface area contributed by atoms with Crippen LogP contribution in [0.3, 0.4) is 0 Å². The van der Waals surface area contributed by atoms with Crippen LogP contribution in [0.15, 0.2) is 21.9 Å². The summed E-state index contributed by atoms with van der Waals surface area (Å²) in [6.45, 7) is -0.0972. The van der Waals surface area contributed by atoms with Crippen LogP contribution in [0, 0.1) is 0 Å². The highest BCUT2D eigenvalue weighted by atomic mass is 31.2. The zero-order chi connectivity index (χ0) is 17.2. The average molecular weight is 351 g/mol. The molecule has 0 bridgehead atoms. The third kappa shape index (κ3) is 3.96. The lowest BCUT2D eigenvalue weighted by molar-refractivity contribution is -0.231. The maximum Gasteiger partial charge on any atom is 0.330 e. The molecule has 1 fully saturated rings. The highest BCUT2D eigenvalue weighted by Gasteiger charge is 2.47. The van der Waals surface area contributed by atoms with E-state index in [1.54, 1.807) is 0 Å². The van der Waals surface area contributed by atoms with E-state index in [9.17, 15) is 24.2 Å². The van der Waals surface area contributed by atoms with E-state index >= 15 is 0 Å². The molecule has 1 aliphatic rings. The van der Waals surface area contributed by atoms with Crippen LogP contribution in [-0.4, -0.2) is 53.8 Å². The molecule has 1 aliphatic heterocycles. The van der Waals surface area contributed by atoms with Crippen LogP contribution in [0.4, 0.5) is 0 Å². The lowest BCUT2D eigenvalue weighted by atomic mass is 10.1. The SMILES string of the molecule is COC[C@H]1O[C@@H](n2ccc(=O)[nH]c2=O)C(O)C1OP(=O)([O-])OC. The number of aromatic nitrogens is 2. The van der Waals surface area contributed by atoms with Crippen molar-refractivity contribution >= 4 is 7.82 Å². The number of aliphatic hydroxyl groups is 1. The fourth-order valence-corrected chi connectivity index (χ4v) is 2.84. The van der Waals surface area contributed by atoms with Gasteiger partial charge in [-0.15, -0.1) is 0 Å². The number of ether oxygens (including phenoxy) is 2. The summed E-state index contributed by atoms with van der Waals surface area (Å²) in [6, 6.07) is 1.06. The summed E-state index contributed by atoms with van der Waals surface area (Å²) in [5, 5.41) is 10.3. The number of rotatable bonds is 6. The Labute approximate surface area is 130 Å². The van der Waals surface area contributed by atoms with Crippen LogP contribution in [-0.2, 0) is 23.1 Å². The molecule has 0 saturated carbocycles. The molecular formula is C11H16N2O9P-. The van der Waals surface area contributed by atoms with Gasteiger partial charge in [0.25, 0.3) is 13.4 Å². The Hall–Kier alpha value is -1.33. The molecule has 12 heteroatoms. The fraction of sp³-hybridized carbons (Fsp3) is 0.636. The molecule has 2 rings (SSSR count). The second kappa shape index (κ2) is 7.05. The van der Waals surface area contributed by atoms with Gasteiger partial charge in [0.1, 0.15) is 18.3 Å². The molecule has 11 nitrogen and oxygen atoms in total. The maximum atomic E-state index is 11.8. The number of H-pyrrole nitrogens is 1. The van der Waals surface area contributed by atoms with Crippen molar-refractivity contribution in [3.8, 4) is 0 Å². The number of methoxy groups -OCH3 is 1. The van der Waals surface area contributed by atoms with Crippen molar-refractivity contribution in [2.75, 3.05) is 20.8 Å². The first-order valence-electron chi connectivity index (χ1n) is 6.48. The predicted molar refractivity (Wildman–Crippen MR) is 72.6 cm³/mol. The summed E-state index contributed by atoms with van der Waals surface area (Å²) in [6.07, 6.45) is -3.98. The second-order valence-corrected chi connectivity index (χ2v) is 6.20. The summed E-state index contributed by atoms with van der Waals surface area (Å²) in [7, 11) is -2.39. The summed E-state index contributed by atoms with van der Waals surface area (Å²) in [4.78, 5) is 36.3. The minimum Gasteiger partial charge on any atom is -0.756 e. The molecular weight excluding hydrogens is 335 g/mol. The number of nitrogens with zero attached hydrogens (tertiary/aromatic N) is 1. The molecule has 0 radical (unpaired) electrons. The number of aliphatic hydroxyl groups excluding tert-OH is 1. The Morgan fingerprint density at radius 1 is 1.48 bits per heavy atom. The van der Waals surface area contributed by atoms with Crippen LogP contribution in [0.25, 0.3) is 0 Å². The van der Waals surface area contributed by atoms with Gasteiger partial charge in [-0.2, -0.15) is 0 Å². The number of hydrogen-bond acceptors (Lipinski definition) is 9. The molecule has 1 aromatic rings. The van der Waals surface area contributed by atoms with Crippen molar-refractivity contribution in [3.05, 3.63) is 33.1 Å². The smallest absolute Gasteiger partial charge is 0.330 e. The topological polar surface area (TPSA) is 152 Å². The second-order valence-electron chi connectivity index (χ2n) is 4.73. The molecule has 3 unspecified atom stereocenters. The van der Waals surface area contributed by atoms with Crippen molar-refractivity contribution in [1.82, 2.24) is 9.55 Å². The van der Waals surface area contributed by atoms with Gasteiger partial charge in [0.15, 0.2) is 6.23 Å². The Bertz CT molecular complexity index is 701. The van der Waals surface area contributed by atoms with Crippen molar-refractivity contribution in [2.45, 2.75) is 24.5 Å². The number of nitrogens with one attached hydrogen (secondary N) is 1. The van der Waals surface area contributed by atoms with Crippen LogP contribution < -0.4 is 16.1 Å². The van der Waals surface area contributed by atoms with Gasteiger partial charge in [-0.25, -0.2) is 4.79 Å². The first kappa shape index (κ1) is 18.0. The normalized spacial score (nSPS) is 30.3. The zero-order valence-electron chi connectivity index (χ0n) is 12.3. The van der Waals surface area contributed by atoms with Gasteiger partial charge >= 0.3 is 5.69 Å². The summed E-state index contributed by atoms with van der Waals surface area (Å²) in [5.41, 5.74) is -1.45. The molecule has 2 heterocycles. The highest BCUT2D eigenvalue weighted by Crippen LogP contribution is 2.44. The van der Waals surface area contributed by atoms with Gasteiger partial charge in [0.05, 0.1) is 6.61 Å². The Kier molecular flexibility index (Phi) is 5.53. The highest BCUT2D eigenvalue weighted by molar-refractivity contribution is 7.45. The fourth-order valence-electron chi connectivity index (χ4n) is 2.20. The third-order valence-corrected chi connectivity index (χ3v) is 4.19. The summed E-state index contributed by atoms with van der Waals surface area (Å²) >= 11 is 0. The molecule has 0 spiro atoms. The molecule has 2 N–H and O–H groups in total. The van der Waals surface area contributed by atoms with Gasteiger partial charge in [-0.3, -0.25) is 18.9 Å². The molecule has 130 valence electrons. The maximum absolute atomic E-state index is 11.8. The molecule has 0 aromatic carbocycles. The van der Waals surface area contributed by atoms with Gasteiger partial charge in [-0.05, 0) is 0 Å². The third-order valence-electron chi connectivity index (χ3n) is 3.24. The van der Waals surface area contributed by atoms with Crippen LogP contribution in [0.1, 0.15) is 6.23 Å². The quantitative estimate of drug-likeness (QED) is 0.551. The Morgan fingerprint density at radius 2 is 2.17 bits per heavy atom. The number of phosphoric ester groups is 1. The first-order chi connectivity index (χ1) is 10.8. The Morgan fingerprint density at radius 3 is 2.74 bits per heavy atom. The molecule has 1 aromatic heterocycles. The van der Waals surface area contributed by atoms with E-state index in [4.69, 9.17) is 14.0 Å². The van der Waals surface area contributed by atoms with Crippen LogP contribution >= 0.6 is 7.82 Å². The lowest BCUT2D eigenvalue weighted by Gasteiger charge is -2.28. The van der Waals surface area contributed by atoms with E-state index in [0.29, 0.717) is 0 Å². The Balaban J connectivity index is 2.32. The van der Waals surface area contributed by atoms with Crippen molar-refractivity contribution in [1.29, 1.82) is 0 Å². The average Bonchev–Trinajstić information content (AvgIpc) is 2.77. The minimum absolute atomic E-state index is 0.0972. The van der Waals surface area contributed by atoms with E-state index in [1.165, 1.54) is 7.11 Å². The summed E-state index contributed by atoms with van der Waals surface area (Å²) < 4.78 is 31.7. The minimum atomic E-state index is -4.65. The van der Waals surface area contributed by atoms with E-state index in [2.05, 4.69) is 4.52 Å². The monoisotopic (exact) mass is 351 g/mol. The van der Waals surface area contributed by atoms with Gasteiger partial charge in [-0.1, -0.05) is 0 Å². The molecule has 0 amide bonds. The standard InChI is InChI=1S/C11H17N2O9P/c1-19-5-6-9(22-23(17,18)20-2)8(15)10(21-6)13-4-3-7(14)12-11(13)16/h3-4,6,8-10,15H,5H2,1-2H3,(H,17,18)(H,12,14,16)/p-1/t6-,8?,9?,10-/m1/s1. The predicted octanol–water partition coefficient (Wildman–Crippen LogP) is -2.06.